The average Bonchev–Trinajstić information content (AvgIpc) is 2.49. The lowest BCUT2D eigenvalue weighted by molar-refractivity contribution is 0.412. The molecule has 2 aromatic rings. The molecule has 0 bridgehead atoms. The van der Waals surface area contributed by atoms with Gasteiger partial charge in [-0.25, -0.2) is 4.39 Å². The van der Waals surface area contributed by atoms with Crippen LogP contribution in [0, 0.1) is 12.7 Å². The first-order valence-corrected chi connectivity index (χ1v) is 7.81. The molecule has 22 heavy (non-hydrogen) atoms. The van der Waals surface area contributed by atoms with E-state index in [4.69, 9.17) is 16.3 Å². The van der Waals surface area contributed by atoms with Crippen molar-refractivity contribution in [3.8, 4) is 17.0 Å². The van der Waals surface area contributed by atoms with Gasteiger partial charge in [0.25, 0.3) is 0 Å². The lowest BCUT2D eigenvalue weighted by atomic mass is 9.96. The molecule has 0 aliphatic rings. The van der Waals surface area contributed by atoms with Crippen LogP contribution in [0.4, 0.5) is 4.39 Å². The van der Waals surface area contributed by atoms with Crippen molar-refractivity contribution in [1.29, 1.82) is 0 Å². The molecule has 2 nitrogen and oxygen atoms in total. The number of hydrogen-bond acceptors (Lipinski definition) is 2. The third kappa shape index (κ3) is 3.98. The van der Waals surface area contributed by atoms with Gasteiger partial charge in [-0.3, -0.25) is 4.98 Å². The third-order valence-electron chi connectivity index (χ3n) is 3.24. The first-order valence-electron chi connectivity index (χ1n) is 7.44. The summed E-state index contributed by atoms with van der Waals surface area (Å²) in [7, 11) is 1.53. The summed E-state index contributed by atoms with van der Waals surface area (Å²) in [5.74, 6) is 0.310. The molecule has 1 aromatic heterocycles. The van der Waals surface area contributed by atoms with Crippen LogP contribution in [-0.4, -0.2) is 12.1 Å². The fraction of sp³-hybridized carbons (Fsp3) is 0.389. The Morgan fingerprint density at radius 3 is 2.32 bits per heavy atom. The lowest BCUT2D eigenvalue weighted by Crippen LogP contribution is -1.99. The van der Waals surface area contributed by atoms with E-state index in [1.807, 2.05) is 46.8 Å². The highest BCUT2D eigenvalue weighted by atomic mass is 35.5. The summed E-state index contributed by atoms with van der Waals surface area (Å²) >= 11 is 5.93. The Labute approximate surface area is 137 Å². The summed E-state index contributed by atoms with van der Waals surface area (Å²) in [5.41, 5.74) is 3.12. The van der Waals surface area contributed by atoms with Gasteiger partial charge in [-0.1, -0.05) is 39.3 Å². The van der Waals surface area contributed by atoms with Gasteiger partial charge in [0.2, 0.25) is 0 Å². The van der Waals surface area contributed by atoms with Crippen LogP contribution in [0.2, 0.25) is 5.02 Å². The highest BCUT2D eigenvalue weighted by molar-refractivity contribution is 6.30. The number of methoxy groups -OCH3 is 1. The van der Waals surface area contributed by atoms with Crippen LogP contribution >= 0.6 is 11.6 Å². The molecule has 0 fully saturated rings. The van der Waals surface area contributed by atoms with Crippen molar-refractivity contribution >= 4 is 11.6 Å². The van der Waals surface area contributed by atoms with Crippen LogP contribution in [0.3, 0.4) is 0 Å². The smallest absolute Gasteiger partial charge is 0.131 e. The molecule has 4 heteroatoms. The molecule has 0 N–H and O–H groups in total. The van der Waals surface area contributed by atoms with Gasteiger partial charge in [0.05, 0.1) is 17.8 Å². The number of nitrogens with zero attached hydrogens (tertiary/aromatic N) is 1. The topological polar surface area (TPSA) is 22.1 Å². The molecule has 0 radical (unpaired) electrons. The van der Waals surface area contributed by atoms with Gasteiger partial charge in [-0.15, -0.1) is 0 Å². The zero-order chi connectivity index (χ0) is 16.9. The molecule has 0 aliphatic carbocycles. The monoisotopic (exact) mass is 323 g/mol. The SMILES string of the molecule is CC.COc1cc(F)c(C(C)C)cc1-c1ncc(Cl)cc1C. The maximum atomic E-state index is 14.0. The van der Waals surface area contributed by atoms with E-state index in [-0.39, 0.29) is 11.7 Å². The molecule has 2 rings (SSSR count). The Bertz CT molecular complexity index is 641. The van der Waals surface area contributed by atoms with Crippen molar-refractivity contribution in [1.82, 2.24) is 4.98 Å². The number of hydrogen-bond donors (Lipinski definition) is 0. The fourth-order valence-corrected chi connectivity index (χ4v) is 2.40. The number of ether oxygens (including phenoxy) is 1. The van der Waals surface area contributed by atoms with Gasteiger partial charge in [0, 0.05) is 17.8 Å². The Balaban J connectivity index is 0.00000116. The maximum absolute atomic E-state index is 14.0. The summed E-state index contributed by atoms with van der Waals surface area (Å²) in [4.78, 5) is 4.35. The minimum Gasteiger partial charge on any atom is -0.496 e. The van der Waals surface area contributed by atoms with E-state index in [1.54, 1.807) is 6.20 Å². The largest absolute Gasteiger partial charge is 0.496 e. The molecule has 1 heterocycles. The number of rotatable bonds is 3. The normalized spacial score (nSPS) is 10.2. The zero-order valence-corrected chi connectivity index (χ0v) is 14.8. The second-order valence-electron chi connectivity index (χ2n) is 5.05. The predicted molar refractivity (Wildman–Crippen MR) is 91.4 cm³/mol. The van der Waals surface area contributed by atoms with Crippen molar-refractivity contribution in [3.05, 3.63) is 46.4 Å². The van der Waals surface area contributed by atoms with Crippen LogP contribution in [0.1, 0.15) is 44.7 Å². The van der Waals surface area contributed by atoms with Crippen LogP contribution in [0.15, 0.2) is 24.4 Å². The minimum absolute atomic E-state index is 0.0901. The van der Waals surface area contributed by atoms with E-state index < -0.39 is 0 Å². The standard InChI is InChI=1S/C16H17ClFNO.C2H6/c1-9(2)12-6-13(15(20-4)7-14(12)18)16-10(3)5-11(17)8-19-16;1-2/h5-9H,1-4H3;1-2H3. The Morgan fingerprint density at radius 1 is 1.18 bits per heavy atom. The quantitative estimate of drug-likeness (QED) is 0.690. The van der Waals surface area contributed by atoms with Gasteiger partial charge >= 0.3 is 0 Å². The highest BCUT2D eigenvalue weighted by Crippen LogP contribution is 2.35. The summed E-state index contributed by atoms with van der Waals surface area (Å²) in [6, 6.07) is 5.06. The van der Waals surface area contributed by atoms with Crippen LogP contribution in [-0.2, 0) is 0 Å². The predicted octanol–water partition coefficient (Wildman–Crippen LogP) is 6.01. The highest BCUT2D eigenvalue weighted by Gasteiger charge is 2.16. The second-order valence-corrected chi connectivity index (χ2v) is 5.48. The molecular formula is C18H23ClFNO. The molecule has 0 aliphatic heterocycles. The van der Waals surface area contributed by atoms with Crippen molar-refractivity contribution in [2.75, 3.05) is 7.11 Å². The summed E-state index contributed by atoms with van der Waals surface area (Å²) in [5, 5.41) is 0.580. The molecule has 0 amide bonds. The number of halogens is 2. The van der Waals surface area contributed by atoms with Crippen molar-refractivity contribution < 1.29 is 9.13 Å². The van der Waals surface area contributed by atoms with Gasteiger partial charge in [0.15, 0.2) is 0 Å². The first kappa shape index (κ1) is 18.4. The van der Waals surface area contributed by atoms with Gasteiger partial charge in [0.1, 0.15) is 11.6 Å². The number of pyridine rings is 1. The second kappa shape index (κ2) is 8.14. The summed E-state index contributed by atoms with van der Waals surface area (Å²) in [6.07, 6.45) is 1.59. The molecule has 0 saturated carbocycles. The number of aryl methyl sites for hydroxylation is 1. The van der Waals surface area contributed by atoms with Gasteiger partial charge in [-0.2, -0.15) is 0 Å². The summed E-state index contributed by atoms with van der Waals surface area (Å²) in [6.45, 7) is 9.83. The minimum atomic E-state index is -0.257. The molecule has 0 unspecified atom stereocenters. The third-order valence-corrected chi connectivity index (χ3v) is 3.45. The van der Waals surface area contributed by atoms with Crippen molar-refractivity contribution in [2.24, 2.45) is 0 Å². The zero-order valence-electron chi connectivity index (χ0n) is 14.0. The first-order chi connectivity index (χ1) is 10.4. The fourth-order valence-electron chi connectivity index (χ4n) is 2.19. The summed E-state index contributed by atoms with van der Waals surface area (Å²) < 4.78 is 19.3. The van der Waals surface area contributed by atoms with Crippen LogP contribution in [0.5, 0.6) is 5.75 Å². The maximum Gasteiger partial charge on any atom is 0.131 e. The van der Waals surface area contributed by atoms with E-state index in [1.165, 1.54) is 13.2 Å². The molecular weight excluding hydrogens is 301 g/mol. The van der Waals surface area contributed by atoms with E-state index in [2.05, 4.69) is 4.98 Å². The lowest BCUT2D eigenvalue weighted by Gasteiger charge is -2.15. The molecule has 120 valence electrons. The molecule has 1 aromatic carbocycles. The molecule has 0 spiro atoms. The van der Waals surface area contributed by atoms with E-state index in [0.29, 0.717) is 16.3 Å². The van der Waals surface area contributed by atoms with E-state index in [9.17, 15) is 4.39 Å². The number of aromatic nitrogens is 1. The Morgan fingerprint density at radius 2 is 1.82 bits per heavy atom. The van der Waals surface area contributed by atoms with E-state index in [0.717, 1.165) is 16.8 Å². The van der Waals surface area contributed by atoms with Crippen molar-refractivity contribution in [3.63, 3.8) is 0 Å². The molecule has 0 saturated heterocycles. The average molecular weight is 324 g/mol. The van der Waals surface area contributed by atoms with Gasteiger partial charge in [-0.05, 0) is 36.1 Å². The van der Waals surface area contributed by atoms with Crippen LogP contribution < -0.4 is 4.74 Å². The van der Waals surface area contributed by atoms with Crippen LogP contribution in [0.25, 0.3) is 11.3 Å². The Kier molecular flexibility index (Phi) is 6.82. The molecule has 0 atom stereocenters. The van der Waals surface area contributed by atoms with Gasteiger partial charge < -0.3 is 4.74 Å². The number of benzene rings is 1. The van der Waals surface area contributed by atoms with E-state index >= 15 is 0 Å². The van der Waals surface area contributed by atoms with Crippen molar-refractivity contribution in [2.45, 2.75) is 40.5 Å². The Hall–Kier alpha value is -1.61.